The number of halogens is 1. The summed E-state index contributed by atoms with van der Waals surface area (Å²) in [7, 11) is 1.70. The highest BCUT2D eigenvalue weighted by Gasteiger charge is 2.18. The van der Waals surface area contributed by atoms with Crippen molar-refractivity contribution in [3.63, 3.8) is 0 Å². The van der Waals surface area contributed by atoms with Gasteiger partial charge in [-0.1, -0.05) is 25.4 Å². The molecular formula is C15H24ClN3O. The van der Waals surface area contributed by atoms with Crippen molar-refractivity contribution in [2.45, 2.75) is 32.7 Å². The fraction of sp³-hybridized carbons (Fsp3) is 0.533. The third-order valence-electron chi connectivity index (χ3n) is 3.49. The molecule has 3 N–H and O–H groups in total. The Hall–Kier alpha value is -1.26. The summed E-state index contributed by atoms with van der Waals surface area (Å²) in [5.74, 6) is 0.0319. The van der Waals surface area contributed by atoms with Crippen LogP contribution in [0, 0.1) is 5.41 Å². The third kappa shape index (κ3) is 4.12. The smallest absolute Gasteiger partial charge is 0.122 e. The minimum Gasteiger partial charge on any atom is -0.384 e. The fourth-order valence-corrected chi connectivity index (χ4v) is 2.62. The van der Waals surface area contributed by atoms with E-state index in [4.69, 9.17) is 27.5 Å². The largest absolute Gasteiger partial charge is 0.384 e. The molecule has 1 aromatic carbocycles. The van der Waals surface area contributed by atoms with E-state index >= 15 is 0 Å². The molecule has 0 atom stereocenters. The summed E-state index contributed by atoms with van der Waals surface area (Å²) >= 11 is 6.37. The Morgan fingerprint density at radius 2 is 2.05 bits per heavy atom. The van der Waals surface area contributed by atoms with Crippen LogP contribution in [0.5, 0.6) is 0 Å². The van der Waals surface area contributed by atoms with Crippen molar-refractivity contribution in [1.29, 1.82) is 5.41 Å². The van der Waals surface area contributed by atoms with Gasteiger partial charge in [0.1, 0.15) is 5.84 Å². The highest BCUT2D eigenvalue weighted by Crippen LogP contribution is 2.29. The normalized spacial score (nSPS) is 10.8. The van der Waals surface area contributed by atoms with E-state index in [9.17, 15) is 0 Å². The molecule has 0 radical (unpaired) electrons. The van der Waals surface area contributed by atoms with Crippen LogP contribution >= 0.6 is 11.6 Å². The summed E-state index contributed by atoms with van der Waals surface area (Å²) in [6, 6.07) is 5.95. The summed E-state index contributed by atoms with van der Waals surface area (Å²) in [5, 5.41) is 8.09. The molecule has 112 valence electrons. The van der Waals surface area contributed by atoms with E-state index in [1.165, 1.54) is 0 Å². The third-order valence-corrected chi connectivity index (χ3v) is 3.79. The fourth-order valence-electron chi connectivity index (χ4n) is 2.33. The number of benzene rings is 1. The maximum atomic E-state index is 7.46. The SMILES string of the molecule is CCC(CC)N(CCOC)c1ccc(C(=N)N)cc1Cl. The average Bonchev–Trinajstić information content (AvgIpc) is 2.43. The first-order valence-corrected chi connectivity index (χ1v) is 7.32. The summed E-state index contributed by atoms with van der Waals surface area (Å²) < 4.78 is 5.20. The number of amidine groups is 1. The van der Waals surface area contributed by atoms with Gasteiger partial charge < -0.3 is 15.4 Å². The molecule has 0 aromatic heterocycles. The minimum atomic E-state index is 0.0319. The summed E-state index contributed by atoms with van der Waals surface area (Å²) in [6.07, 6.45) is 2.09. The van der Waals surface area contributed by atoms with E-state index in [-0.39, 0.29) is 5.84 Å². The number of nitrogens with zero attached hydrogens (tertiary/aromatic N) is 1. The zero-order valence-corrected chi connectivity index (χ0v) is 13.2. The number of rotatable bonds is 8. The van der Waals surface area contributed by atoms with Crippen molar-refractivity contribution in [2.24, 2.45) is 5.73 Å². The van der Waals surface area contributed by atoms with Gasteiger partial charge in [-0.15, -0.1) is 0 Å². The lowest BCUT2D eigenvalue weighted by Crippen LogP contribution is -2.37. The molecule has 0 aliphatic carbocycles. The van der Waals surface area contributed by atoms with E-state index in [1.54, 1.807) is 13.2 Å². The van der Waals surface area contributed by atoms with Gasteiger partial charge in [0.2, 0.25) is 0 Å². The molecule has 0 aliphatic rings. The molecule has 0 fully saturated rings. The summed E-state index contributed by atoms with van der Waals surface area (Å²) in [4.78, 5) is 2.27. The van der Waals surface area contributed by atoms with Crippen molar-refractivity contribution in [3.8, 4) is 0 Å². The number of nitrogens with one attached hydrogen (secondary N) is 1. The first kappa shape index (κ1) is 16.8. The number of ether oxygens (including phenoxy) is 1. The quantitative estimate of drug-likeness (QED) is 0.572. The lowest BCUT2D eigenvalue weighted by molar-refractivity contribution is 0.202. The maximum absolute atomic E-state index is 7.46. The molecule has 1 aromatic rings. The van der Waals surface area contributed by atoms with Crippen molar-refractivity contribution < 1.29 is 4.74 Å². The molecule has 5 heteroatoms. The van der Waals surface area contributed by atoms with Crippen molar-refractivity contribution in [3.05, 3.63) is 28.8 Å². The number of nitrogen functional groups attached to an aromatic ring is 1. The van der Waals surface area contributed by atoms with E-state index in [0.29, 0.717) is 23.2 Å². The van der Waals surface area contributed by atoms with Crippen LogP contribution in [0.4, 0.5) is 5.69 Å². The zero-order chi connectivity index (χ0) is 15.1. The van der Waals surface area contributed by atoms with Crippen LogP contribution in [0.3, 0.4) is 0 Å². The molecule has 0 saturated heterocycles. The molecular weight excluding hydrogens is 274 g/mol. The predicted molar refractivity (Wildman–Crippen MR) is 86.1 cm³/mol. The summed E-state index contributed by atoms with van der Waals surface area (Å²) in [5.41, 5.74) is 7.11. The van der Waals surface area contributed by atoms with Gasteiger partial charge in [-0.2, -0.15) is 0 Å². The van der Waals surface area contributed by atoms with Crippen LogP contribution < -0.4 is 10.6 Å². The lowest BCUT2D eigenvalue weighted by Gasteiger charge is -2.33. The second-order valence-corrected chi connectivity index (χ2v) is 5.14. The molecule has 0 spiro atoms. The number of hydrogen-bond donors (Lipinski definition) is 2. The van der Waals surface area contributed by atoms with Crippen LogP contribution in [-0.2, 0) is 4.74 Å². The van der Waals surface area contributed by atoms with Crippen molar-refractivity contribution in [2.75, 3.05) is 25.2 Å². The average molecular weight is 298 g/mol. The van der Waals surface area contributed by atoms with E-state index in [2.05, 4.69) is 18.7 Å². The maximum Gasteiger partial charge on any atom is 0.122 e. The Kier molecular flexibility index (Phi) is 6.82. The van der Waals surface area contributed by atoms with E-state index < -0.39 is 0 Å². The number of hydrogen-bond acceptors (Lipinski definition) is 3. The molecule has 0 saturated carbocycles. The van der Waals surface area contributed by atoms with Crippen LogP contribution in [0.2, 0.25) is 5.02 Å². The molecule has 0 aliphatic heterocycles. The van der Waals surface area contributed by atoms with Crippen LogP contribution in [0.25, 0.3) is 0 Å². The second kappa shape index (κ2) is 8.12. The van der Waals surface area contributed by atoms with Gasteiger partial charge in [0.15, 0.2) is 0 Å². The standard InChI is InChI=1S/C15H24ClN3O/c1-4-12(5-2)19(8-9-20-3)14-7-6-11(15(17)18)10-13(14)16/h6-7,10,12H,4-5,8-9H2,1-3H3,(H3,17,18). The van der Waals surface area contributed by atoms with Crippen molar-refractivity contribution in [1.82, 2.24) is 0 Å². The Morgan fingerprint density at radius 1 is 1.40 bits per heavy atom. The van der Waals surface area contributed by atoms with Crippen LogP contribution in [-0.4, -0.2) is 32.1 Å². The Balaban J connectivity index is 3.09. The van der Waals surface area contributed by atoms with Gasteiger partial charge in [0.25, 0.3) is 0 Å². The first-order chi connectivity index (χ1) is 9.54. The molecule has 0 unspecified atom stereocenters. The Morgan fingerprint density at radius 3 is 2.50 bits per heavy atom. The van der Waals surface area contributed by atoms with Crippen LogP contribution in [0.1, 0.15) is 32.3 Å². The predicted octanol–water partition coefficient (Wildman–Crippen LogP) is 3.27. The summed E-state index contributed by atoms with van der Waals surface area (Å²) in [6.45, 7) is 5.79. The Labute approximate surface area is 126 Å². The monoisotopic (exact) mass is 297 g/mol. The number of methoxy groups -OCH3 is 1. The highest BCUT2D eigenvalue weighted by molar-refractivity contribution is 6.33. The van der Waals surface area contributed by atoms with E-state index in [0.717, 1.165) is 25.1 Å². The number of nitrogens with two attached hydrogens (primary N) is 1. The van der Waals surface area contributed by atoms with Gasteiger partial charge in [0.05, 0.1) is 17.3 Å². The van der Waals surface area contributed by atoms with Gasteiger partial charge in [-0.05, 0) is 31.0 Å². The zero-order valence-electron chi connectivity index (χ0n) is 12.4. The van der Waals surface area contributed by atoms with Gasteiger partial charge in [-0.3, -0.25) is 5.41 Å². The van der Waals surface area contributed by atoms with Gasteiger partial charge in [0, 0.05) is 25.3 Å². The van der Waals surface area contributed by atoms with Gasteiger partial charge in [-0.25, -0.2) is 0 Å². The Bertz CT molecular complexity index is 447. The minimum absolute atomic E-state index is 0.0319. The number of anilines is 1. The molecule has 1 rings (SSSR count). The van der Waals surface area contributed by atoms with Crippen molar-refractivity contribution >= 4 is 23.1 Å². The second-order valence-electron chi connectivity index (χ2n) is 4.74. The molecule has 4 nitrogen and oxygen atoms in total. The van der Waals surface area contributed by atoms with E-state index in [1.807, 2.05) is 12.1 Å². The van der Waals surface area contributed by atoms with Crippen LogP contribution in [0.15, 0.2) is 18.2 Å². The topological polar surface area (TPSA) is 62.3 Å². The molecule has 0 amide bonds. The lowest BCUT2D eigenvalue weighted by atomic mass is 10.1. The highest BCUT2D eigenvalue weighted by atomic mass is 35.5. The first-order valence-electron chi connectivity index (χ1n) is 6.94. The van der Waals surface area contributed by atoms with Gasteiger partial charge >= 0.3 is 0 Å². The molecule has 20 heavy (non-hydrogen) atoms. The molecule has 0 bridgehead atoms. The molecule has 0 heterocycles.